The Morgan fingerprint density at radius 2 is 2.06 bits per heavy atom. The minimum absolute atomic E-state index is 0.663. The number of hydrogen-bond acceptors (Lipinski definition) is 2. The fourth-order valence-corrected chi connectivity index (χ4v) is 2.94. The van der Waals surface area contributed by atoms with Crippen LogP contribution >= 0.6 is 27.5 Å². The van der Waals surface area contributed by atoms with Gasteiger partial charge in [0.15, 0.2) is 0 Å². The van der Waals surface area contributed by atoms with Gasteiger partial charge >= 0.3 is 0 Å². The molecule has 0 amide bonds. The first-order valence-corrected chi connectivity index (χ1v) is 7.15. The average Bonchev–Trinajstić information content (AvgIpc) is 2.71. The van der Waals surface area contributed by atoms with Crippen molar-refractivity contribution in [3.05, 3.63) is 39.0 Å². The molecule has 2 N–H and O–H groups in total. The minimum atomic E-state index is 0.663. The lowest BCUT2D eigenvalue weighted by molar-refractivity contribution is 0.653. The quantitative estimate of drug-likeness (QED) is 0.867. The lowest BCUT2D eigenvalue weighted by atomic mass is 9.97. The summed E-state index contributed by atoms with van der Waals surface area (Å²) in [4.78, 5) is 0. The van der Waals surface area contributed by atoms with E-state index in [4.69, 9.17) is 17.3 Å². The molecule has 1 aromatic heterocycles. The highest BCUT2D eigenvalue weighted by Gasteiger charge is 2.20. The largest absolute Gasteiger partial charge is 0.382 e. The van der Waals surface area contributed by atoms with E-state index in [1.165, 1.54) is 24.1 Å². The van der Waals surface area contributed by atoms with Crippen LogP contribution in [0, 0.1) is 0 Å². The van der Waals surface area contributed by atoms with Crippen molar-refractivity contribution in [3.8, 4) is 5.69 Å². The second kappa shape index (κ2) is 4.59. The van der Waals surface area contributed by atoms with Gasteiger partial charge in [0.25, 0.3) is 0 Å². The molecule has 0 saturated heterocycles. The van der Waals surface area contributed by atoms with Gasteiger partial charge in [0, 0.05) is 15.7 Å². The maximum atomic E-state index is 6.02. The molecule has 1 aromatic carbocycles. The Hall–Kier alpha value is -1.000. The second-order valence-corrected chi connectivity index (χ2v) is 5.79. The van der Waals surface area contributed by atoms with Gasteiger partial charge < -0.3 is 5.73 Å². The number of hydrogen-bond donors (Lipinski definition) is 1. The van der Waals surface area contributed by atoms with Crippen molar-refractivity contribution >= 4 is 33.3 Å². The Kier molecular flexibility index (Phi) is 3.08. The van der Waals surface area contributed by atoms with E-state index in [0.717, 1.165) is 23.0 Å². The van der Waals surface area contributed by atoms with E-state index in [0.29, 0.717) is 10.8 Å². The molecule has 0 spiro atoms. The molecule has 1 aliphatic rings. The fourth-order valence-electron chi connectivity index (χ4n) is 2.46. The van der Waals surface area contributed by atoms with Crippen LogP contribution in [0.2, 0.25) is 5.02 Å². The number of nitrogen functional groups attached to an aromatic ring is 1. The SMILES string of the molecule is Nc1nn(-c2ccc(Cl)c(Br)c2)c2c1CCCC2. The third-order valence-corrected chi connectivity index (χ3v) is 4.57. The highest BCUT2D eigenvalue weighted by atomic mass is 79.9. The molecule has 3 rings (SSSR count). The van der Waals surface area contributed by atoms with Gasteiger partial charge in [-0.15, -0.1) is 0 Å². The van der Waals surface area contributed by atoms with E-state index in [2.05, 4.69) is 21.0 Å². The first-order chi connectivity index (χ1) is 8.66. The third kappa shape index (κ3) is 1.93. The lowest BCUT2D eigenvalue weighted by Crippen LogP contribution is -2.07. The fraction of sp³-hybridized carbons (Fsp3) is 0.308. The molecule has 0 atom stereocenters. The van der Waals surface area contributed by atoms with Crippen LogP contribution in [-0.4, -0.2) is 9.78 Å². The molecule has 0 radical (unpaired) electrons. The van der Waals surface area contributed by atoms with Gasteiger partial charge in [-0.3, -0.25) is 0 Å². The third-order valence-electron chi connectivity index (χ3n) is 3.36. The first kappa shape index (κ1) is 12.1. The summed E-state index contributed by atoms with van der Waals surface area (Å²) in [5.41, 5.74) is 9.46. The number of rotatable bonds is 1. The maximum absolute atomic E-state index is 6.02. The zero-order valence-corrected chi connectivity index (χ0v) is 12.1. The van der Waals surface area contributed by atoms with Crippen molar-refractivity contribution in [2.45, 2.75) is 25.7 Å². The molecule has 3 nitrogen and oxygen atoms in total. The molecule has 2 aromatic rings. The number of halogens is 2. The number of nitrogens with zero attached hydrogens (tertiary/aromatic N) is 2. The van der Waals surface area contributed by atoms with Crippen molar-refractivity contribution in [1.29, 1.82) is 0 Å². The predicted octanol–water partition coefficient (Wildman–Crippen LogP) is 3.75. The highest BCUT2D eigenvalue weighted by Crippen LogP contribution is 2.30. The summed E-state index contributed by atoms with van der Waals surface area (Å²) < 4.78 is 2.82. The van der Waals surface area contributed by atoms with Crippen LogP contribution in [0.15, 0.2) is 22.7 Å². The van der Waals surface area contributed by atoms with Gasteiger partial charge in [-0.1, -0.05) is 11.6 Å². The van der Waals surface area contributed by atoms with Gasteiger partial charge in [-0.25, -0.2) is 4.68 Å². The zero-order valence-electron chi connectivity index (χ0n) is 9.79. The monoisotopic (exact) mass is 325 g/mol. The Balaban J connectivity index is 2.14. The molecule has 0 aliphatic heterocycles. The van der Waals surface area contributed by atoms with Crippen LogP contribution in [-0.2, 0) is 12.8 Å². The Morgan fingerprint density at radius 3 is 2.83 bits per heavy atom. The van der Waals surface area contributed by atoms with E-state index in [1.54, 1.807) is 0 Å². The van der Waals surface area contributed by atoms with Crippen LogP contribution in [0.25, 0.3) is 5.69 Å². The van der Waals surface area contributed by atoms with Crippen LogP contribution in [0.5, 0.6) is 0 Å². The molecule has 94 valence electrons. The average molecular weight is 327 g/mol. The number of fused-ring (bicyclic) bond motifs is 1. The Bertz CT molecular complexity index is 607. The topological polar surface area (TPSA) is 43.8 Å². The molecule has 5 heteroatoms. The molecule has 0 bridgehead atoms. The van der Waals surface area contributed by atoms with Gasteiger partial charge in [0.05, 0.1) is 10.7 Å². The maximum Gasteiger partial charge on any atom is 0.149 e. The summed E-state index contributed by atoms with van der Waals surface area (Å²) in [7, 11) is 0. The molecule has 18 heavy (non-hydrogen) atoms. The van der Waals surface area contributed by atoms with E-state index in [-0.39, 0.29) is 0 Å². The van der Waals surface area contributed by atoms with E-state index in [9.17, 15) is 0 Å². The Labute approximate surface area is 119 Å². The Morgan fingerprint density at radius 1 is 1.28 bits per heavy atom. The molecule has 0 saturated carbocycles. The predicted molar refractivity (Wildman–Crippen MR) is 77.3 cm³/mol. The van der Waals surface area contributed by atoms with Crippen molar-refractivity contribution in [1.82, 2.24) is 9.78 Å². The van der Waals surface area contributed by atoms with Crippen molar-refractivity contribution in [2.75, 3.05) is 5.73 Å². The summed E-state index contributed by atoms with van der Waals surface area (Å²) in [6.45, 7) is 0. The summed E-state index contributed by atoms with van der Waals surface area (Å²) >= 11 is 9.46. The summed E-state index contributed by atoms with van der Waals surface area (Å²) in [5, 5.41) is 5.17. The van der Waals surface area contributed by atoms with Gasteiger partial charge in [-0.05, 0) is 59.8 Å². The van der Waals surface area contributed by atoms with Crippen LogP contribution < -0.4 is 5.73 Å². The van der Waals surface area contributed by atoms with Crippen molar-refractivity contribution in [2.24, 2.45) is 0 Å². The molecule has 0 fully saturated rings. The minimum Gasteiger partial charge on any atom is -0.382 e. The summed E-state index contributed by atoms with van der Waals surface area (Å²) in [5.74, 6) is 0.663. The van der Waals surface area contributed by atoms with Crippen LogP contribution in [0.1, 0.15) is 24.1 Å². The summed E-state index contributed by atoms with van der Waals surface area (Å²) in [6, 6.07) is 5.81. The molecular formula is C13H13BrClN3. The molecule has 0 unspecified atom stereocenters. The number of benzene rings is 1. The van der Waals surface area contributed by atoms with Crippen LogP contribution in [0.4, 0.5) is 5.82 Å². The normalized spacial score (nSPS) is 14.6. The van der Waals surface area contributed by atoms with Crippen molar-refractivity contribution < 1.29 is 0 Å². The van der Waals surface area contributed by atoms with E-state index < -0.39 is 0 Å². The molecule has 1 aliphatic carbocycles. The smallest absolute Gasteiger partial charge is 0.149 e. The number of aromatic nitrogens is 2. The second-order valence-electron chi connectivity index (χ2n) is 4.53. The standard InChI is InChI=1S/C13H13BrClN3/c14-10-7-8(5-6-11(10)15)18-12-4-2-1-3-9(12)13(16)17-18/h5-7H,1-4H2,(H2,16,17). The molecular weight excluding hydrogens is 314 g/mol. The van der Waals surface area contributed by atoms with E-state index in [1.807, 2.05) is 22.9 Å². The van der Waals surface area contributed by atoms with Gasteiger partial charge in [0.1, 0.15) is 5.82 Å². The zero-order chi connectivity index (χ0) is 12.7. The van der Waals surface area contributed by atoms with Crippen LogP contribution in [0.3, 0.4) is 0 Å². The number of anilines is 1. The van der Waals surface area contributed by atoms with Gasteiger partial charge in [-0.2, -0.15) is 5.10 Å². The summed E-state index contributed by atoms with van der Waals surface area (Å²) in [6.07, 6.45) is 4.48. The van der Waals surface area contributed by atoms with Gasteiger partial charge in [0.2, 0.25) is 0 Å². The highest BCUT2D eigenvalue weighted by molar-refractivity contribution is 9.10. The number of nitrogens with two attached hydrogens (primary N) is 1. The van der Waals surface area contributed by atoms with E-state index >= 15 is 0 Å². The van der Waals surface area contributed by atoms with Crippen molar-refractivity contribution in [3.63, 3.8) is 0 Å². The molecule has 1 heterocycles. The lowest BCUT2D eigenvalue weighted by Gasteiger charge is -2.14. The first-order valence-electron chi connectivity index (χ1n) is 5.98.